The molecule has 2 rings (SSSR count). The number of likely N-dealkylation sites (N-methyl/N-ethyl adjacent to an activating group) is 1. The predicted octanol–water partition coefficient (Wildman–Crippen LogP) is 1.34. The summed E-state index contributed by atoms with van der Waals surface area (Å²) in [5, 5.41) is 0. The van der Waals surface area contributed by atoms with Crippen molar-refractivity contribution in [3.63, 3.8) is 0 Å². The molecule has 1 aliphatic heterocycles. The van der Waals surface area contributed by atoms with Crippen molar-refractivity contribution < 1.29 is 17.9 Å². The zero-order valence-corrected chi connectivity index (χ0v) is 14.5. The van der Waals surface area contributed by atoms with Crippen LogP contribution in [0, 0.1) is 0 Å². The lowest BCUT2D eigenvalue weighted by atomic mass is 10.0. The summed E-state index contributed by atoms with van der Waals surface area (Å²) in [6.07, 6.45) is 3.42. The molecule has 23 heavy (non-hydrogen) atoms. The largest absolute Gasteiger partial charge is 0.492 e. The summed E-state index contributed by atoms with van der Waals surface area (Å²) in [6.45, 7) is 1.21. The lowest BCUT2D eigenvalue weighted by Gasteiger charge is -2.34. The Labute approximate surface area is 138 Å². The number of amides is 1. The van der Waals surface area contributed by atoms with Crippen LogP contribution in [0.4, 0.5) is 0 Å². The van der Waals surface area contributed by atoms with Crippen molar-refractivity contribution in [2.75, 3.05) is 33.0 Å². The quantitative estimate of drug-likeness (QED) is 0.784. The van der Waals surface area contributed by atoms with E-state index < -0.39 is 16.1 Å². The van der Waals surface area contributed by atoms with E-state index in [4.69, 9.17) is 4.74 Å². The van der Waals surface area contributed by atoms with Gasteiger partial charge in [0.15, 0.2) is 0 Å². The maximum absolute atomic E-state index is 12.6. The van der Waals surface area contributed by atoms with Gasteiger partial charge in [-0.3, -0.25) is 4.79 Å². The third-order valence-corrected chi connectivity index (χ3v) is 5.27. The average molecular weight is 340 g/mol. The minimum Gasteiger partial charge on any atom is -0.492 e. The molecule has 0 N–H and O–H groups in total. The predicted molar refractivity (Wildman–Crippen MR) is 88.8 cm³/mol. The van der Waals surface area contributed by atoms with Crippen molar-refractivity contribution in [3.8, 4) is 5.75 Å². The van der Waals surface area contributed by atoms with Crippen LogP contribution < -0.4 is 4.74 Å². The monoisotopic (exact) mass is 340 g/mol. The number of ether oxygens (including phenoxy) is 1. The number of sulfonamides is 1. The van der Waals surface area contributed by atoms with E-state index in [1.165, 1.54) is 4.31 Å². The highest BCUT2D eigenvalue weighted by Crippen LogP contribution is 2.21. The fraction of sp³-hybridized carbons (Fsp3) is 0.562. The Balaban J connectivity index is 1.90. The first kappa shape index (κ1) is 17.7. The zero-order chi connectivity index (χ0) is 16.9. The molecule has 1 aliphatic rings. The number of hydrogen-bond acceptors (Lipinski definition) is 4. The standard InChI is InChI=1S/C16H24N2O4S/c1-17(12-13-22-14-8-4-3-5-9-14)16(19)15-10-6-7-11-18(15)23(2,20)21/h3-5,8-9,15H,6-7,10-13H2,1-2H3/t15-/m0/s1. The molecule has 1 fully saturated rings. The number of piperidine rings is 1. The Morgan fingerprint density at radius 2 is 2.00 bits per heavy atom. The fourth-order valence-corrected chi connectivity index (χ4v) is 3.85. The van der Waals surface area contributed by atoms with E-state index in [0.29, 0.717) is 26.1 Å². The lowest BCUT2D eigenvalue weighted by molar-refractivity contribution is -0.135. The third kappa shape index (κ3) is 4.94. The molecule has 1 amide bonds. The van der Waals surface area contributed by atoms with Crippen molar-refractivity contribution in [2.24, 2.45) is 0 Å². The summed E-state index contributed by atoms with van der Waals surface area (Å²) < 4.78 is 30.6. The van der Waals surface area contributed by atoms with Gasteiger partial charge in [-0.15, -0.1) is 0 Å². The van der Waals surface area contributed by atoms with Gasteiger partial charge in [-0.25, -0.2) is 8.42 Å². The van der Waals surface area contributed by atoms with Gasteiger partial charge in [0.25, 0.3) is 0 Å². The van der Waals surface area contributed by atoms with Crippen LogP contribution in [0.3, 0.4) is 0 Å². The molecule has 0 saturated carbocycles. The summed E-state index contributed by atoms with van der Waals surface area (Å²) in [5.74, 6) is 0.593. The second-order valence-electron chi connectivity index (χ2n) is 5.81. The van der Waals surface area contributed by atoms with Gasteiger partial charge in [-0.1, -0.05) is 24.6 Å². The lowest BCUT2D eigenvalue weighted by Crippen LogP contribution is -2.52. The van der Waals surface area contributed by atoms with Crippen LogP contribution >= 0.6 is 0 Å². The van der Waals surface area contributed by atoms with E-state index in [-0.39, 0.29) is 5.91 Å². The van der Waals surface area contributed by atoms with E-state index in [1.54, 1.807) is 11.9 Å². The van der Waals surface area contributed by atoms with E-state index in [9.17, 15) is 13.2 Å². The molecular weight excluding hydrogens is 316 g/mol. The summed E-state index contributed by atoms with van der Waals surface area (Å²) >= 11 is 0. The number of carbonyl (C=O) groups excluding carboxylic acids is 1. The molecule has 6 nitrogen and oxygen atoms in total. The molecule has 1 heterocycles. The molecule has 0 aliphatic carbocycles. The maximum atomic E-state index is 12.6. The van der Waals surface area contributed by atoms with E-state index in [0.717, 1.165) is 24.8 Å². The summed E-state index contributed by atoms with van der Waals surface area (Å²) in [4.78, 5) is 14.1. The number of carbonyl (C=O) groups is 1. The molecule has 0 radical (unpaired) electrons. The van der Waals surface area contributed by atoms with Gasteiger partial charge < -0.3 is 9.64 Å². The first-order valence-electron chi connectivity index (χ1n) is 7.79. The van der Waals surface area contributed by atoms with Crippen LogP contribution in [0.25, 0.3) is 0 Å². The molecule has 0 spiro atoms. The van der Waals surface area contributed by atoms with Gasteiger partial charge in [0.1, 0.15) is 18.4 Å². The van der Waals surface area contributed by atoms with Crippen LogP contribution in [-0.4, -0.2) is 62.6 Å². The number of hydrogen-bond donors (Lipinski definition) is 0. The molecule has 1 aromatic rings. The van der Waals surface area contributed by atoms with Gasteiger partial charge in [-0.05, 0) is 25.0 Å². The maximum Gasteiger partial charge on any atom is 0.240 e. The molecule has 7 heteroatoms. The van der Waals surface area contributed by atoms with Crippen molar-refractivity contribution >= 4 is 15.9 Å². The van der Waals surface area contributed by atoms with Crippen molar-refractivity contribution in [1.82, 2.24) is 9.21 Å². The van der Waals surface area contributed by atoms with Crippen LogP contribution in [0.5, 0.6) is 5.75 Å². The molecule has 0 bridgehead atoms. The number of nitrogens with zero attached hydrogens (tertiary/aromatic N) is 2. The van der Waals surface area contributed by atoms with Crippen LogP contribution in [0.1, 0.15) is 19.3 Å². The Kier molecular flexibility index (Phi) is 6.01. The Morgan fingerprint density at radius 1 is 1.30 bits per heavy atom. The zero-order valence-electron chi connectivity index (χ0n) is 13.6. The van der Waals surface area contributed by atoms with E-state index in [1.807, 2.05) is 30.3 Å². The molecular formula is C16H24N2O4S. The topological polar surface area (TPSA) is 66.9 Å². The molecule has 0 unspecified atom stereocenters. The number of para-hydroxylation sites is 1. The Bertz CT molecular complexity index is 618. The van der Waals surface area contributed by atoms with Gasteiger partial charge in [0.05, 0.1) is 12.8 Å². The van der Waals surface area contributed by atoms with Gasteiger partial charge in [0, 0.05) is 13.6 Å². The van der Waals surface area contributed by atoms with Crippen LogP contribution in [-0.2, 0) is 14.8 Å². The first-order valence-corrected chi connectivity index (χ1v) is 9.64. The van der Waals surface area contributed by atoms with Gasteiger partial charge >= 0.3 is 0 Å². The Hall–Kier alpha value is -1.60. The third-order valence-electron chi connectivity index (χ3n) is 3.98. The highest BCUT2D eigenvalue weighted by Gasteiger charge is 2.35. The van der Waals surface area contributed by atoms with E-state index in [2.05, 4.69) is 0 Å². The molecule has 1 saturated heterocycles. The molecule has 1 atom stereocenters. The van der Waals surface area contributed by atoms with E-state index >= 15 is 0 Å². The molecule has 128 valence electrons. The average Bonchev–Trinajstić information content (AvgIpc) is 2.54. The smallest absolute Gasteiger partial charge is 0.240 e. The normalized spacial score (nSPS) is 19.3. The highest BCUT2D eigenvalue weighted by molar-refractivity contribution is 7.88. The van der Waals surface area contributed by atoms with Gasteiger partial charge in [0.2, 0.25) is 15.9 Å². The van der Waals surface area contributed by atoms with Crippen molar-refractivity contribution in [1.29, 1.82) is 0 Å². The molecule has 1 aromatic carbocycles. The SMILES string of the molecule is CN(CCOc1ccccc1)C(=O)[C@@H]1CCCCN1S(C)(=O)=O. The van der Waals surface area contributed by atoms with Gasteiger partial charge in [-0.2, -0.15) is 4.31 Å². The Morgan fingerprint density at radius 3 is 2.65 bits per heavy atom. The first-order chi connectivity index (χ1) is 10.9. The number of benzene rings is 1. The minimum atomic E-state index is -3.36. The minimum absolute atomic E-state index is 0.160. The second kappa shape index (κ2) is 7.79. The second-order valence-corrected chi connectivity index (χ2v) is 7.74. The summed E-state index contributed by atoms with van der Waals surface area (Å²) in [5.41, 5.74) is 0. The molecule has 0 aromatic heterocycles. The van der Waals surface area contributed by atoms with Crippen molar-refractivity contribution in [2.45, 2.75) is 25.3 Å². The van der Waals surface area contributed by atoms with Crippen molar-refractivity contribution in [3.05, 3.63) is 30.3 Å². The van der Waals surface area contributed by atoms with Crippen LogP contribution in [0.2, 0.25) is 0 Å². The summed E-state index contributed by atoms with van der Waals surface area (Å²) in [7, 11) is -1.68. The summed E-state index contributed by atoms with van der Waals surface area (Å²) in [6, 6.07) is 8.81. The highest BCUT2D eigenvalue weighted by atomic mass is 32.2. The van der Waals surface area contributed by atoms with Crippen LogP contribution in [0.15, 0.2) is 30.3 Å². The fourth-order valence-electron chi connectivity index (χ4n) is 2.73. The number of rotatable bonds is 6.